The smallest absolute Gasteiger partial charge is 0.171 e. The molecule has 0 saturated carbocycles. The maximum Gasteiger partial charge on any atom is 0.388 e. The van der Waals surface area contributed by atoms with Crippen molar-refractivity contribution in [3.8, 4) is 0 Å². The summed E-state index contributed by atoms with van der Waals surface area (Å²) in [6.45, 7) is 1.82. The van der Waals surface area contributed by atoms with Crippen LogP contribution >= 0.6 is 0 Å². The normalized spacial score (nSPS) is 15.1. The average molecular weight is 213 g/mol. The third kappa shape index (κ3) is 7.95. The predicted molar refractivity (Wildman–Crippen MR) is 48.7 cm³/mol. The van der Waals surface area contributed by atoms with Crippen LogP contribution in [0.3, 0.4) is 0 Å². The first-order valence-electron chi connectivity index (χ1n) is 4.38. The first kappa shape index (κ1) is 12.6. The van der Waals surface area contributed by atoms with Gasteiger partial charge >= 0.3 is 6.18 Å². The maximum absolute atomic E-state index is 11.7. The first-order chi connectivity index (χ1) is 5.99. The molecule has 0 N–H and O–H groups in total. The Kier molecular flexibility index (Phi) is 5.94. The molecule has 6 heteroatoms. The largest absolute Gasteiger partial charge is 0.388 e. The molecule has 1 atom stereocenters. The molecule has 78 valence electrons. The van der Waals surface area contributed by atoms with Crippen molar-refractivity contribution >= 4 is 9.52 Å². The predicted octanol–water partition coefficient (Wildman–Crippen LogP) is 2.49. The molecule has 0 rings (SSSR count). The van der Waals surface area contributed by atoms with E-state index in [0.717, 1.165) is 0 Å². The number of nitroso groups, excluding NO2 is 1. The molecule has 1 unspecified atom stereocenters. The number of hydrogen-bond donors (Lipinski definition) is 0. The van der Waals surface area contributed by atoms with Crippen LogP contribution in [0.25, 0.3) is 0 Å². The van der Waals surface area contributed by atoms with Crippen molar-refractivity contribution in [1.29, 1.82) is 0 Å². The summed E-state index contributed by atoms with van der Waals surface area (Å²) in [6.07, 6.45) is -4.10. The fraction of sp³-hybridized carbons (Fsp3) is 1.00. The Labute approximate surface area is 77.7 Å². The zero-order valence-electron chi connectivity index (χ0n) is 7.60. The number of hydrogen-bond acceptors (Lipinski definition) is 2. The molecule has 2 nitrogen and oxygen atoms in total. The monoisotopic (exact) mass is 213 g/mol. The van der Waals surface area contributed by atoms with Crippen LogP contribution in [0, 0.1) is 4.91 Å². The van der Waals surface area contributed by atoms with E-state index in [1.807, 2.05) is 6.92 Å². The van der Waals surface area contributed by atoms with Crippen molar-refractivity contribution in [2.45, 2.75) is 44.1 Å². The van der Waals surface area contributed by atoms with Gasteiger partial charge in [0.2, 0.25) is 0 Å². The van der Waals surface area contributed by atoms with E-state index in [-0.39, 0.29) is 12.1 Å². The minimum absolute atomic E-state index is 0.232. The number of nitrogens with zero attached hydrogens (tertiary/aromatic N) is 1. The topological polar surface area (TPSA) is 29.4 Å². The summed E-state index contributed by atoms with van der Waals surface area (Å²) < 4.78 is 35.0. The van der Waals surface area contributed by atoms with Gasteiger partial charge in [-0.1, -0.05) is 18.1 Å². The summed E-state index contributed by atoms with van der Waals surface area (Å²) in [7, 11) is -0.752. The summed E-state index contributed by atoms with van der Waals surface area (Å²) in [5.41, 5.74) is 0. The molecule has 0 saturated heterocycles. The fourth-order valence-corrected chi connectivity index (χ4v) is 2.96. The van der Waals surface area contributed by atoms with Gasteiger partial charge in [0.25, 0.3) is 0 Å². The van der Waals surface area contributed by atoms with Crippen molar-refractivity contribution in [2.24, 2.45) is 5.18 Å². The molecular formula is C7H14F3NOSi. The Hall–Kier alpha value is -0.393. The molecule has 0 heterocycles. The van der Waals surface area contributed by atoms with Crippen molar-refractivity contribution in [3.63, 3.8) is 0 Å². The van der Waals surface area contributed by atoms with Crippen molar-refractivity contribution in [3.05, 3.63) is 4.91 Å². The second-order valence-electron chi connectivity index (χ2n) is 3.03. The van der Waals surface area contributed by atoms with Gasteiger partial charge in [0.05, 0.1) is 6.04 Å². The highest BCUT2D eigenvalue weighted by Crippen LogP contribution is 2.21. The molecular weight excluding hydrogens is 199 g/mol. The van der Waals surface area contributed by atoms with Crippen LogP contribution in [0.1, 0.15) is 19.8 Å². The fourth-order valence-electron chi connectivity index (χ4n) is 1.04. The quantitative estimate of drug-likeness (QED) is 0.378. The Bertz CT molecular complexity index is 151. The summed E-state index contributed by atoms with van der Waals surface area (Å²) in [6, 6.07) is 0.589. The second-order valence-corrected chi connectivity index (χ2v) is 5.02. The number of alkyl halides is 3. The van der Waals surface area contributed by atoms with Gasteiger partial charge in [-0.3, -0.25) is 0 Å². The second kappa shape index (κ2) is 6.12. The van der Waals surface area contributed by atoms with Gasteiger partial charge in [0.15, 0.2) is 0 Å². The standard InChI is InChI=1S/C7H14F3NOSi/c1-2-6(11-12)5-13-4-3-7(8,9)10/h6H,2-5,13H2,1H3. The molecule has 0 aromatic rings. The van der Waals surface area contributed by atoms with Crippen LogP contribution in [0.5, 0.6) is 0 Å². The van der Waals surface area contributed by atoms with Crippen molar-refractivity contribution in [2.75, 3.05) is 0 Å². The lowest BCUT2D eigenvalue weighted by molar-refractivity contribution is -0.130. The summed E-state index contributed by atoms with van der Waals surface area (Å²) >= 11 is 0. The van der Waals surface area contributed by atoms with Crippen LogP contribution in [0.2, 0.25) is 12.1 Å². The van der Waals surface area contributed by atoms with Crippen LogP contribution in [-0.4, -0.2) is 21.7 Å². The molecule has 0 spiro atoms. The van der Waals surface area contributed by atoms with E-state index in [9.17, 15) is 18.1 Å². The minimum Gasteiger partial charge on any atom is -0.171 e. The molecule has 0 aromatic carbocycles. The Morgan fingerprint density at radius 3 is 2.46 bits per heavy atom. The van der Waals surface area contributed by atoms with Gasteiger partial charge in [0.1, 0.15) is 0 Å². The molecule has 0 aliphatic carbocycles. The third-order valence-electron chi connectivity index (χ3n) is 1.87. The molecule has 0 aliphatic rings. The van der Waals surface area contributed by atoms with E-state index in [4.69, 9.17) is 0 Å². The Morgan fingerprint density at radius 1 is 1.46 bits per heavy atom. The molecule has 0 fully saturated rings. The van der Waals surface area contributed by atoms with Crippen LogP contribution in [0.15, 0.2) is 5.18 Å². The lowest BCUT2D eigenvalue weighted by atomic mass is 10.3. The van der Waals surface area contributed by atoms with Crippen molar-refractivity contribution < 1.29 is 13.2 Å². The third-order valence-corrected chi connectivity index (χ3v) is 3.80. The minimum atomic E-state index is -4.04. The van der Waals surface area contributed by atoms with E-state index in [1.165, 1.54) is 0 Å². The van der Waals surface area contributed by atoms with E-state index < -0.39 is 22.1 Å². The van der Waals surface area contributed by atoms with E-state index in [1.54, 1.807) is 0 Å². The molecule has 0 bridgehead atoms. The highest BCUT2D eigenvalue weighted by atomic mass is 28.2. The maximum atomic E-state index is 11.7. The van der Waals surface area contributed by atoms with Gasteiger partial charge in [-0.2, -0.15) is 18.1 Å². The number of halogens is 3. The average Bonchev–Trinajstić information content (AvgIpc) is 2.03. The molecule has 0 radical (unpaired) electrons. The molecule has 0 amide bonds. The van der Waals surface area contributed by atoms with Crippen LogP contribution in [0.4, 0.5) is 13.2 Å². The summed E-state index contributed by atoms with van der Waals surface area (Å²) in [5.74, 6) is 0. The van der Waals surface area contributed by atoms with E-state index in [2.05, 4.69) is 5.18 Å². The highest BCUT2D eigenvalue weighted by molar-refractivity contribution is 6.35. The molecule has 0 aromatic heterocycles. The zero-order valence-corrected chi connectivity index (χ0v) is 9.02. The lowest BCUT2D eigenvalue weighted by Crippen LogP contribution is -2.11. The first-order valence-corrected chi connectivity index (χ1v) is 6.38. The van der Waals surface area contributed by atoms with Crippen LogP contribution < -0.4 is 0 Å². The summed E-state index contributed by atoms with van der Waals surface area (Å²) in [4.78, 5) is 10.1. The lowest BCUT2D eigenvalue weighted by Gasteiger charge is -2.06. The van der Waals surface area contributed by atoms with E-state index in [0.29, 0.717) is 12.5 Å². The van der Waals surface area contributed by atoms with E-state index >= 15 is 0 Å². The number of rotatable bonds is 6. The van der Waals surface area contributed by atoms with Gasteiger partial charge in [0, 0.05) is 15.9 Å². The van der Waals surface area contributed by atoms with Gasteiger partial charge in [-0.05, 0) is 12.5 Å². The van der Waals surface area contributed by atoms with Crippen molar-refractivity contribution in [1.82, 2.24) is 0 Å². The SMILES string of the molecule is CCC(C[SiH2]CCC(F)(F)F)N=O. The Balaban J connectivity index is 3.40. The highest BCUT2D eigenvalue weighted by Gasteiger charge is 2.26. The molecule has 0 aliphatic heterocycles. The Morgan fingerprint density at radius 2 is 2.08 bits per heavy atom. The summed E-state index contributed by atoms with van der Waals surface area (Å²) in [5, 5.41) is 2.84. The zero-order chi connectivity index (χ0) is 10.3. The molecule has 13 heavy (non-hydrogen) atoms. The van der Waals surface area contributed by atoms with Gasteiger partial charge in [-0.25, -0.2) is 0 Å². The van der Waals surface area contributed by atoms with Gasteiger partial charge < -0.3 is 0 Å². The van der Waals surface area contributed by atoms with Crippen LogP contribution in [-0.2, 0) is 0 Å². The van der Waals surface area contributed by atoms with Gasteiger partial charge in [-0.15, -0.1) is 0 Å².